The van der Waals surface area contributed by atoms with Crippen LogP contribution in [0.3, 0.4) is 0 Å². The molecule has 0 aromatic rings. The summed E-state index contributed by atoms with van der Waals surface area (Å²) in [5.74, 6) is -3.26. The Morgan fingerprint density at radius 3 is 2.19 bits per heavy atom. The molecule has 1 rings (SSSR count). The van der Waals surface area contributed by atoms with Gasteiger partial charge in [0.25, 0.3) is 0 Å². The van der Waals surface area contributed by atoms with Crippen molar-refractivity contribution in [2.24, 2.45) is 5.92 Å². The SMILES string of the molecule is CC(NC(=O)C(C)C(=O)O)C(=O)NC1CC1. The molecule has 2 amide bonds. The first-order valence-electron chi connectivity index (χ1n) is 5.25. The molecule has 6 nitrogen and oxygen atoms in total. The van der Waals surface area contributed by atoms with E-state index in [9.17, 15) is 14.4 Å². The molecule has 2 atom stereocenters. The van der Waals surface area contributed by atoms with Gasteiger partial charge >= 0.3 is 5.97 Å². The van der Waals surface area contributed by atoms with Crippen molar-refractivity contribution in [2.75, 3.05) is 0 Å². The van der Waals surface area contributed by atoms with Crippen molar-refractivity contribution in [3.05, 3.63) is 0 Å². The molecule has 16 heavy (non-hydrogen) atoms. The molecule has 0 aromatic carbocycles. The summed E-state index contributed by atoms with van der Waals surface area (Å²) in [6.07, 6.45) is 1.94. The minimum Gasteiger partial charge on any atom is -0.481 e. The molecule has 0 aromatic heterocycles. The number of rotatable bonds is 5. The van der Waals surface area contributed by atoms with Crippen LogP contribution >= 0.6 is 0 Å². The second-order valence-electron chi connectivity index (χ2n) is 4.07. The van der Waals surface area contributed by atoms with E-state index in [2.05, 4.69) is 10.6 Å². The van der Waals surface area contributed by atoms with Crippen molar-refractivity contribution in [1.82, 2.24) is 10.6 Å². The van der Waals surface area contributed by atoms with Crippen LogP contribution in [0, 0.1) is 5.92 Å². The third-order valence-corrected chi connectivity index (χ3v) is 2.44. The molecule has 6 heteroatoms. The zero-order chi connectivity index (χ0) is 12.3. The summed E-state index contributed by atoms with van der Waals surface area (Å²) in [6, 6.07) is -0.473. The molecule has 3 N–H and O–H groups in total. The molecule has 1 aliphatic carbocycles. The van der Waals surface area contributed by atoms with Crippen LogP contribution in [0.2, 0.25) is 0 Å². The van der Waals surface area contributed by atoms with Gasteiger partial charge in [-0.05, 0) is 26.7 Å². The standard InChI is InChI=1S/C10H16N2O4/c1-5(10(15)16)8(13)11-6(2)9(14)12-7-3-4-7/h5-7H,3-4H2,1-2H3,(H,11,13)(H,12,14)(H,15,16). The number of amides is 2. The van der Waals surface area contributed by atoms with Crippen LogP contribution in [0.15, 0.2) is 0 Å². The van der Waals surface area contributed by atoms with Crippen LogP contribution in [0.25, 0.3) is 0 Å². The molecular formula is C10H16N2O4. The van der Waals surface area contributed by atoms with Crippen LogP contribution in [-0.4, -0.2) is 35.0 Å². The lowest BCUT2D eigenvalue weighted by Crippen LogP contribution is -2.47. The van der Waals surface area contributed by atoms with Gasteiger partial charge in [-0.25, -0.2) is 0 Å². The molecule has 1 saturated carbocycles. The second-order valence-corrected chi connectivity index (χ2v) is 4.07. The fourth-order valence-corrected chi connectivity index (χ4v) is 1.07. The van der Waals surface area contributed by atoms with Crippen LogP contribution in [0.1, 0.15) is 26.7 Å². The van der Waals surface area contributed by atoms with Crippen molar-refractivity contribution >= 4 is 17.8 Å². The summed E-state index contributed by atoms with van der Waals surface area (Å²) in [5, 5.41) is 13.7. The lowest BCUT2D eigenvalue weighted by Gasteiger charge is -2.15. The lowest BCUT2D eigenvalue weighted by atomic mass is 10.1. The first-order chi connectivity index (χ1) is 7.41. The predicted octanol–water partition coefficient (Wildman–Crippen LogP) is -0.510. The molecular weight excluding hydrogens is 212 g/mol. The highest BCUT2D eigenvalue weighted by atomic mass is 16.4. The maximum Gasteiger partial charge on any atom is 0.315 e. The van der Waals surface area contributed by atoms with Crippen molar-refractivity contribution in [3.63, 3.8) is 0 Å². The largest absolute Gasteiger partial charge is 0.481 e. The van der Waals surface area contributed by atoms with E-state index in [0.717, 1.165) is 12.8 Å². The normalized spacial score (nSPS) is 18.4. The van der Waals surface area contributed by atoms with E-state index in [4.69, 9.17) is 5.11 Å². The lowest BCUT2D eigenvalue weighted by molar-refractivity contribution is -0.147. The molecule has 0 heterocycles. The number of carboxylic acids is 1. The molecule has 2 unspecified atom stereocenters. The number of carbonyl (C=O) groups excluding carboxylic acids is 2. The van der Waals surface area contributed by atoms with Gasteiger partial charge in [0.1, 0.15) is 12.0 Å². The van der Waals surface area contributed by atoms with E-state index in [0.29, 0.717) is 0 Å². The Hall–Kier alpha value is -1.59. The average Bonchev–Trinajstić information content (AvgIpc) is 2.99. The monoisotopic (exact) mass is 228 g/mol. The Morgan fingerprint density at radius 2 is 1.75 bits per heavy atom. The van der Waals surface area contributed by atoms with E-state index >= 15 is 0 Å². The van der Waals surface area contributed by atoms with E-state index in [1.807, 2.05) is 0 Å². The minimum atomic E-state index is -1.20. The van der Waals surface area contributed by atoms with Crippen LogP contribution in [0.5, 0.6) is 0 Å². The summed E-state index contributed by atoms with van der Waals surface area (Å²) in [4.78, 5) is 33.3. The number of hydrogen-bond acceptors (Lipinski definition) is 3. The fraction of sp³-hybridized carbons (Fsp3) is 0.700. The Balaban J connectivity index is 2.36. The second kappa shape index (κ2) is 4.96. The molecule has 0 bridgehead atoms. The highest BCUT2D eigenvalue weighted by molar-refractivity contribution is 5.98. The molecule has 0 radical (unpaired) electrons. The maximum absolute atomic E-state index is 11.4. The van der Waals surface area contributed by atoms with Gasteiger partial charge in [0.15, 0.2) is 0 Å². The van der Waals surface area contributed by atoms with Gasteiger partial charge in [-0.2, -0.15) is 0 Å². The number of aliphatic carboxylic acids is 1. The summed E-state index contributed by atoms with van der Waals surface area (Å²) >= 11 is 0. The van der Waals surface area contributed by atoms with Gasteiger partial charge in [0, 0.05) is 6.04 Å². The Bertz CT molecular complexity index is 312. The van der Waals surface area contributed by atoms with Crippen LogP contribution in [0.4, 0.5) is 0 Å². The van der Waals surface area contributed by atoms with Gasteiger partial charge in [-0.3, -0.25) is 14.4 Å². The van der Waals surface area contributed by atoms with E-state index in [1.165, 1.54) is 13.8 Å². The Labute approximate surface area is 93.4 Å². The number of nitrogens with one attached hydrogen (secondary N) is 2. The first kappa shape index (κ1) is 12.5. The molecule has 1 fully saturated rings. The molecule has 1 aliphatic rings. The van der Waals surface area contributed by atoms with Gasteiger partial charge in [-0.1, -0.05) is 0 Å². The Morgan fingerprint density at radius 1 is 1.19 bits per heavy atom. The summed E-state index contributed by atoms with van der Waals surface area (Å²) in [5.41, 5.74) is 0. The van der Waals surface area contributed by atoms with E-state index in [-0.39, 0.29) is 11.9 Å². The van der Waals surface area contributed by atoms with Crippen molar-refractivity contribution in [3.8, 4) is 0 Å². The van der Waals surface area contributed by atoms with Gasteiger partial charge in [0.05, 0.1) is 0 Å². The van der Waals surface area contributed by atoms with Crippen molar-refractivity contribution in [2.45, 2.75) is 38.8 Å². The molecule has 90 valence electrons. The maximum atomic E-state index is 11.4. The van der Waals surface area contributed by atoms with Gasteiger partial charge < -0.3 is 15.7 Å². The number of carbonyl (C=O) groups is 3. The highest BCUT2D eigenvalue weighted by Gasteiger charge is 2.28. The van der Waals surface area contributed by atoms with Crippen LogP contribution in [-0.2, 0) is 14.4 Å². The quantitative estimate of drug-likeness (QED) is 0.552. The molecule has 0 spiro atoms. The summed E-state index contributed by atoms with van der Waals surface area (Å²) in [6.45, 7) is 2.81. The Kier molecular flexibility index (Phi) is 3.87. The smallest absolute Gasteiger partial charge is 0.315 e. The van der Waals surface area contributed by atoms with Gasteiger partial charge in [-0.15, -0.1) is 0 Å². The molecule has 0 aliphatic heterocycles. The van der Waals surface area contributed by atoms with Crippen molar-refractivity contribution < 1.29 is 19.5 Å². The minimum absolute atomic E-state index is 0.226. The third kappa shape index (κ3) is 3.52. The predicted molar refractivity (Wildman–Crippen MR) is 55.6 cm³/mol. The first-order valence-corrected chi connectivity index (χ1v) is 5.25. The molecule has 0 saturated heterocycles. The van der Waals surface area contributed by atoms with Crippen molar-refractivity contribution in [1.29, 1.82) is 0 Å². The van der Waals surface area contributed by atoms with Crippen LogP contribution < -0.4 is 10.6 Å². The van der Waals surface area contributed by atoms with E-state index < -0.39 is 23.8 Å². The zero-order valence-corrected chi connectivity index (χ0v) is 9.32. The summed E-state index contributed by atoms with van der Waals surface area (Å²) < 4.78 is 0. The number of hydrogen-bond donors (Lipinski definition) is 3. The highest BCUT2D eigenvalue weighted by Crippen LogP contribution is 2.18. The number of carboxylic acid groups (broad SMARTS) is 1. The zero-order valence-electron chi connectivity index (χ0n) is 9.32. The van der Waals surface area contributed by atoms with Gasteiger partial charge in [0.2, 0.25) is 11.8 Å². The average molecular weight is 228 g/mol. The fourth-order valence-electron chi connectivity index (χ4n) is 1.07. The topological polar surface area (TPSA) is 95.5 Å². The third-order valence-electron chi connectivity index (χ3n) is 2.44. The van der Waals surface area contributed by atoms with E-state index in [1.54, 1.807) is 0 Å². The summed E-state index contributed by atoms with van der Waals surface area (Å²) in [7, 11) is 0.